The third-order valence-corrected chi connectivity index (χ3v) is 4.55. The maximum absolute atomic E-state index is 10.3. The Bertz CT molecular complexity index is 291. The molecule has 0 radical (unpaired) electrons. The van der Waals surface area contributed by atoms with Crippen LogP contribution < -0.4 is 108 Å². The Morgan fingerprint density at radius 1 is 0.720 bits per heavy atom. The first kappa shape index (κ1) is 28.1. The zero-order valence-electron chi connectivity index (χ0n) is 16.3. The third-order valence-electron chi connectivity index (χ3n) is 4.55. The number of ether oxygens (including phenoxy) is 4. The summed E-state index contributed by atoms with van der Waals surface area (Å²) in [6.45, 7) is 2.42. The molecule has 3 atom stereocenters. The van der Waals surface area contributed by atoms with Gasteiger partial charge in [-0.1, -0.05) is 38.2 Å². The van der Waals surface area contributed by atoms with Crippen LogP contribution >= 0.6 is 0 Å². The molecule has 0 amide bonds. The summed E-state index contributed by atoms with van der Waals surface area (Å²) in [5.41, 5.74) is 0. The number of hydrogen-bond donors (Lipinski definition) is 0. The molecule has 2 rings (SSSR count). The minimum Gasteiger partial charge on any atom is -0.853 e. The molecule has 2 saturated carbocycles. The average Bonchev–Trinajstić information content (AvgIpc) is 2.60. The second-order valence-electron chi connectivity index (χ2n) is 6.35. The van der Waals surface area contributed by atoms with Crippen LogP contribution in [-0.2, 0) is 18.9 Å². The molecule has 2 fully saturated rings. The van der Waals surface area contributed by atoms with Crippen molar-refractivity contribution in [2.75, 3.05) is 39.6 Å². The SMILES string of the molecule is [K+].[K+].[O-]CCOCCOC1CCCCC1OCCOC1[CH-]CCCC1. The normalized spacial score (nSPS) is 26.5. The number of rotatable bonds is 11. The van der Waals surface area contributed by atoms with E-state index in [9.17, 15) is 5.11 Å². The standard InChI is InChI=1S/C18H32O5.2K/c19-10-11-20-12-13-22-17-8-4-5-9-18(17)23-15-14-21-16-6-2-1-3-7-16;;/h6,16-18H,1-5,7-15H2;;/q-2;2*+1. The van der Waals surface area contributed by atoms with Crippen LogP contribution in [-0.4, -0.2) is 58.0 Å². The largest absolute Gasteiger partial charge is 1.00 e. The smallest absolute Gasteiger partial charge is 0.853 e. The van der Waals surface area contributed by atoms with E-state index in [2.05, 4.69) is 6.42 Å². The predicted octanol–water partition coefficient (Wildman–Crippen LogP) is -4.12. The van der Waals surface area contributed by atoms with Crippen molar-refractivity contribution in [2.24, 2.45) is 0 Å². The Labute approximate surface area is 238 Å². The van der Waals surface area contributed by atoms with Crippen molar-refractivity contribution in [1.29, 1.82) is 0 Å². The molecular weight excluding hydrogens is 374 g/mol. The molecule has 0 saturated heterocycles. The van der Waals surface area contributed by atoms with Gasteiger partial charge in [-0.3, -0.25) is 0 Å². The van der Waals surface area contributed by atoms with Gasteiger partial charge in [0.25, 0.3) is 0 Å². The summed E-state index contributed by atoms with van der Waals surface area (Å²) in [5.74, 6) is 0. The van der Waals surface area contributed by atoms with Crippen LogP contribution in [0.3, 0.4) is 0 Å². The zero-order chi connectivity index (χ0) is 16.2. The molecule has 0 bridgehead atoms. The molecule has 0 spiro atoms. The first-order valence-electron chi connectivity index (χ1n) is 9.24. The summed E-state index contributed by atoms with van der Waals surface area (Å²) in [4.78, 5) is 0. The maximum Gasteiger partial charge on any atom is 1.00 e. The van der Waals surface area contributed by atoms with Crippen LogP contribution in [0.25, 0.3) is 0 Å². The van der Waals surface area contributed by atoms with Crippen molar-refractivity contribution in [3.8, 4) is 0 Å². The molecule has 0 aromatic heterocycles. The maximum atomic E-state index is 10.3. The zero-order valence-corrected chi connectivity index (χ0v) is 22.5. The summed E-state index contributed by atoms with van der Waals surface area (Å²) < 4.78 is 22.9. The fraction of sp³-hybridized carbons (Fsp3) is 0.944. The topological polar surface area (TPSA) is 60.0 Å². The first-order chi connectivity index (χ1) is 11.4. The van der Waals surface area contributed by atoms with Gasteiger partial charge in [0.15, 0.2) is 0 Å². The van der Waals surface area contributed by atoms with Gasteiger partial charge in [0.05, 0.1) is 38.6 Å². The fourth-order valence-electron chi connectivity index (χ4n) is 3.33. The molecule has 2 aliphatic carbocycles. The van der Waals surface area contributed by atoms with E-state index in [0.717, 1.165) is 19.3 Å². The van der Waals surface area contributed by atoms with Gasteiger partial charge in [-0.15, -0.1) is 6.61 Å². The molecule has 0 aromatic carbocycles. The summed E-state index contributed by atoms with van der Waals surface area (Å²) >= 11 is 0. The minimum atomic E-state index is -0.187. The van der Waals surface area contributed by atoms with E-state index in [1.165, 1.54) is 32.1 Å². The van der Waals surface area contributed by atoms with Crippen molar-refractivity contribution in [2.45, 2.75) is 69.7 Å². The van der Waals surface area contributed by atoms with Gasteiger partial charge in [0.1, 0.15) is 0 Å². The Balaban J connectivity index is 0.00000288. The van der Waals surface area contributed by atoms with Gasteiger partial charge in [-0.25, -0.2) is 0 Å². The molecule has 0 aromatic rings. The molecule has 0 aliphatic heterocycles. The second-order valence-corrected chi connectivity index (χ2v) is 6.35. The molecule has 0 heterocycles. The van der Waals surface area contributed by atoms with Gasteiger partial charge in [0, 0.05) is 6.61 Å². The van der Waals surface area contributed by atoms with Crippen molar-refractivity contribution in [3.63, 3.8) is 0 Å². The van der Waals surface area contributed by atoms with Crippen LogP contribution in [0.15, 0.2) is 0 Å². The summed E-state index contributed by atoms with van der Waals surface area (Å²) in [6.07, 6.45) is 12.3. The molecule has 5 nitrogen and oxygen atoms in total. The predicted molar refractivity (Wildman–Crippen MR) is 86.1 cm³/mol. The van der Waals surface area contributed by atoms with Gasteiger partial charge in [-0.05, 0) is 12.8 Å². The first-order valence-corrected chi connectivity index (χ1v) is 9.24. The van der Waals surface area contributed by atoms with Crippen LogP contribution in [0.5, 0.6) is 0 Å². The molecule has 0 N–H and O–H groups in total. The molecule has 25 heavy (non-hydrogen) atoms. The molecule has 2 aliphatic rings. The Hall–Kier alpha value is 3.07. The van der Waals surface area contributed by atoms with Gasteiger partial charge in [0.2, 0.25) is 0 Å². The van der Waals surface area contributed by atoms with E-state index in [1.807, 2.05) is 0 Å². The molecular formula is C18H32K2O5. The number of hydrogen-bond acceptors (Lipinski definition) is 5. The van der Waals surface area contributed by atoms with Crippen molar-refractivity contribution >= 4 is 0 Å². The van der Waals surface area contributed by atoms with E-state index < -0.39 is 0 Å². The Morgan fingerprint density at radius 2 is 1.32 bits per heavy atom. The van der Waals surface area contributed by atoms with Crippen molar-refractivity contribution < 1.29 is 127 Å². The third kappa shape index (κ3) is 13.1. The second kappa shape index (κ2) is 19.1. The van der Waals surface area contributed by atoms with Crippen molar-refractivity contribution in [1.82, 2.24) is 0 Å². The van der Waals surface area contributed by atoms with Crippen LogP contribution in [0.1, 0.15) is 51.4 Å². The van der Waals surface area contributed by atoms with E-state index in [0.29, 0.717) is 32.5 Å². The Morgan fingerprint density at radius 3 is 1.92 bits per heavy atom. The van der Waals surface area contributed by atoms with Crippen LogP contribution in [0, 0.1) is 6.42 Å². The van der Waals surface area contributed by atoms with E-state index >= 15 is 0 Å². The Kier molecular flexibility index (Phi) is 21.4. The van der Waals surface area contributed by atoms with Crippen LogP contribution in [0.4, 0.5) is 0 Å². The van der Waals surface area contributed by atoms with Crippen molar-refractivity contribution in [3.05, 3.63) is 6.42 Å². The summed E-state index contributed by atoms with van der Waals surface area (Å²) in [5, 5.41) is 10.3. The molecule has 136 valence electrons. The van der Waals surface area contributed by atoms with Gasteiger partial charge >= 0.3 is 103 Å². The minimum absolute atomic E-state index is 0. The van der Waals surface area contributed by atoms with E-state index in [-0.39, 0.29) is 128 Å². The van der Waals surface area contributed by atoms with Crippen LogP contribution in [0.2, 0.25) is 0 Å². The van der Waals surface area contributed by atoms with E-state index in [4.69, 9.17) is 18.9 Å². The average molecular weight is 407 g/mol. The fourth-order valence-corrected chi connectivity index (χ4v) is 3.33. The summed E-state index contributed by atoms with van der Waals surface area (Å²) in [6, 6.07) is 0. The molecule has 7 heteroatoms. The van der Waals surface area contributed by atoms with Gasteiger partial charge < -0.3 is 30.5 Å². The quantitative estimate of drug-likeness (QED) is 0.198. The van der Waals surface area contributed by atoms with E-state index in [1.54, 1.807) is 0 Å². The monoisotopic (exact) mass is 406 g/mol. The summed E-state index contributed by atoms with van der Waals surface area (Å²) in [7, 11) is 0. The van der Waals surface area contributed by atoms with Gasteiger partial charge in [-0.2, -0.15) is 6.42 Å². The molecule has 3 unspecified atom stereocenters.